The highest BCUT2D eigenvalue weighted by Crippen LogP contribution is 2.23. The Hall–Kier alpha value is -2.93. The number of sulfonamides is 1. The molecule has 10 nitrogen and oxygen atoms in total. The summed E-state index contributed by atoms with van der Waals surface area (Å²) in [6, 6.07) is 10.1. The van der Waals surface area contributed by atoms with Crippen molar-refractivity contribution in [3.05, 3.63) is 62.9 Å². The third-order valence-corrected chi connectivity index (χ3v) is 8.16. The van der Waals surface area contributed by atoms with Crippen molar-refractivity contribution >= 4 is 43.2 Å². The number of thiazole rings is 1. The number of hydrogen-bond acceptors (Lipinski definition) is 7. The highest BCUT2D eigenvalue weighted by atomic mass is 32.2. The van der Waals surface area contributed by atoms with Crippen LogP contribution in [0.3, 0.4) is 0 Å². The minimum Gasteiger partial charge on any atom is -0.383 e. The Bertz CT molecular complexity index is 1340. The first kappa shape index (κ1) is 24.7. The fourth-order valence-corrected chi connectivity index (χ4v) is 5.78. The van der Waals surface area contributed by atoms with Gasteiger partial charge in [0.15, 0.2) is 4.80 Å². The highest BCUT2D eigenvalue weighted by Gasteiger charge is 2.21. The molecule has 2 aromatic carbocycles. The Morgan fingerprint density at radius 3 is 2.42 bits per heavy atom. The lowest BCUT2D eigenvalue weighted by Gasteiger charge is -2.18. The number of amides is 1. The topological polar surface area (TPSA) is 124 Å². The molecule has 1 heterocycles. The van der Waals surface area contributed by atoms with Crippen molar-refractivity contribution in [3.63, 3.8) is 0 Å². The van der Waals surface area contributed by atoms with Gasteiger partial charge in [-0.25, -0.2) is 8.42 Å². The summed E-state index contributed by atoms with van der Waals surface area (Å²) in [5.41, 5.74) is 0.753. The SMILES string of the molecule is CCN(CC)S(=O)(=O)c1ccc(C(=O)N=c2sc3ccc([N+](=O)[O-])cc3n2CCOC)cc1. The molecule has 3 aromatic rings. The van der Waals surface area contributed by atoms with E-state index in [1.54, 1.807) is 24.5 Å². The highest BCUT2D eigenvalue weighted by molar-refractivity contribution is 7.89. The molecule has 0 saturated carbocycles. The molecule has 0 bridgehead atoms. The number of nitrogens with zero attached hydrogens (tertiary/aromatic N) is 4. The summed E-state index contributed by atoms with van der Waals surface area (Å²) < 4.78 is 34.2. The molecule has 176 valence electrons. The molecule has 0 saturated heterocycles. The van der Waals surface area contributed by atoms with Crippen LogP contribution in [0.5, 0.6) is 0 Å². The lowest BCUT2D eigenvalue weighted by molar-refractivity contribution is -0.384. The number of fused-ring (bicyclic) bond motifs is 1. The summed E-state index contributed by atoms with van der Waals surface area (Å²) >= 11 is 1.23. The molecular formula is C21H24N4O6S2. The molecule has 1 amide bonds. The minimum atomic E-state index is -3.63. The van der Waals surface area contributed by atoms with Crippen molar-refractivity contribution in [2.24, 2.45) is 4.99 Å². The van der Waals surface area contributed by atoms with Gasteiger partial charge in [-0.15, -0.1) is 0 Å². The van der Waals surface area contributed by atoms with Gasteiger partial charge in [-0.1, -0.05) is 25.2 Å². The molecule has 3 rings (SSSR count). The predicted octanol–water partition coefficient (Wildman–Crippen LogP) is 3.03. The maximum absolute atomic E-state index is 12.8. The molecule has 33 heavy (non-hydrogen) atoms. The fourth-order valence-electron chi connectivity index (χ4n) is 3.29. The van der Waals surface area contributed by atoms with Crippen LogP contribution in [0.1, 0.15) is 24.2 Å². The summed E-state index contributed by atoms with van der Waals surface area (Å²) in [5.74, 6) is -0.547. The average Bonchev–Trinajstić information content (AvgIpc) is 3.14. The number of hydrogen-bond donors (Lipinski definition) is 0. The van der Waals surface area contributed by atoms with Gasteiger partial charge in [0.1, 0.15) is 0 Å². The first-order valence-electron chi connectivity index (χ1n) is 10.2. The quantitative estimate of drug-likeness (QED) is 0.334. The molecule has 0 N–H and O–H groups in total. The van der Waals surface area contributed by atoms with Crippen LogP contribution in [0.25, 0.3) is 10.2 Å². The number of rotatable bonds is 9. The van der Waals surface area contributed by atoms with Gasteiger partial charge >= 0.3 is 0 Å². The molecule has 0 radical (unpaired) electrons. The third kappa shape index (κ3) is 5.19. The van der Waals surface area contributed by atoms with Crippen LogP contribution in [0.15, 0.2) is 52.4 Å². The van der Waals surface area contributed by atoms with Crippen LogP contribution in [-0.4, -0.2) is 54.9 Å². The van der Waals surface area contributed by atoms with Gasteiger partial charge in [0, 0.05) is 44.4 Å². The number of benzene rings is 2. The molecule has 0 aliphatic rings. The van der Waals surface area contributed by atoms with E-state index in [2.05, 4.69) is 4.99 Å². The monoisotopic (exact) mass is 492 g/mol. The number of methoxy groups -OCH3 is 1. The Labute approximate surface area is 195 Å². The first-order valence-corrected chi connectivity index (χ1v) is 12.4. The number of nitro groups is 1. The van der Waals surface area contributed by atoms with E-state index in [-0.39, 0.29) is 16.1 Å². The van der Waals surface area contributed by atoms with Gasteiger partial charge in [-0.2, -0.15) is 9.30 Å². The van der Waals surface area contributed by atoms with Crippen LogP contribution in [0, 0.1) is 10.1 Å². The van der Waals surface area contributed by atoms with Gasteiger partial charge in [0.25, 0.3) is 11.6 Å². The van der Waals surface area contributed by atoms with E-state index in [1.165, 1.54) is 59.2 Å². The Balaban J connectivity index is 2.01. The van der Waals surface area contributed by atoms with Crippen molar-refractivity contribution < 1.29 is 22.9 Å². The van der Waals surface area contributed by atoms with Crippen LogP contribution in [0.2, 0.25) is 0 Å². The van der Waals surface area contributed by atoms with E-state index < -0.39 is 20.9 Å². The smallest absolute Gasteiger partial charge is 0.279 e. The van der Waals surface area contributed by atoms with Crippen molar-refractivity contribution in [3.8, 4) is 0 Å². The molecule has 0 spiro atoms. The Morgan fingerprint density at radius 2 is 1.85 bits per heavy atom. The van der Waals surface area contributed by atoms with E-state index in [0.29, 0.717) is 36.6 Å². The van der Waals surface area contributed by atoms with E-state index in [4.69, 9.17) is 4.74 Å². The maximum atomic E-state index is 12.8. The van der Waals surface area contributed by atoms with Crippen molar-refractivity contribution in [1.29, 1.82) is 0 Å². The molecule has 0 aliphatic carbocycles. The minimum absolute atomic E-state index is 0.0608. The summed E-state index contributed by atoms with van der Waals surface area (Å²) in [5, 5.41) is 11.2. The molecule has 0 unspecified atom stereocenters. The van der Waals surface area contributed by atoms with Crippen LogP contribution in [0.4, 0.5) is 5.69 Å². The van der Waals surface area contributed by atoms with Gasteiger partial charge in [0.2, 0.25) is 10.0 Å². The Morgan fingerprint density at radius 1 is 1.18 bits per heavy atom. The van der Waals surface area contributed by atoms with Gasteiger partial charge in [-0.3, -0.25) is 14.9 Å². The maximum Gasteiger partial charge on any atom is 0.279 e. The van der Waals surface area contributed by atoms with Crippen molar-refractivity contribution in [2.45, 2.75) is 25.3 Å². The van der Waals surface area contributed by atoms with E-state index in [9.17, 15) is 23.3 Å². The summed E-state index contributed by atoms with van der Waals surface area (Å²) in [6.45, 7) is 4.89. The summed E-state index contributed by atoms with van der Waals surface area (Å²) in [7, 11) is -2.09. The number of carbonyl (C=O) groups excluding carboxylic acids is 1. The molecule has 12 heteroatoms. The lowest BCUT2D eigenvalue weighted by Crippen LogP contribution is -2.30. The van der Waals surface area contributed by atoms with Crippen LogP contribution >= 0.6 is 11.3 Å². The number of ether oxygens (including phenoxy) is 1. The molecular weight excluding hydrogens is 468 g/mol. The van der Waals surface area contributed by atoms with E-state index in [0.717, 1.165) is 4.70 Å². The number of non-ortho nitro benzene ring substituents is 1. The molecule has 0 aliphatic heterocycles. The van der Waals surface area contributed by atoms with Gasteiger partial charge in [0.05, 0.1) is 26.6 Å². The standard InChI is InChI=1S/C21H24N4O6S2/c1-4-23(5-2)33(29,30)17-9-6-15(7-10-17)20(26)22-21-24(12-13-31-3)18-14-16(25(27)28)8-11-19(18)32-21/h6-11,14H,4-5,12-13H2,1-3H3. The average molecular weight is 493 g/mol. The molecule has 1 aromatic heterocycles. The molecule has 0 atom stereocenters. The zero-order valence-corrected chi connectivity index (χ0v) is 20.1. The molecule has 0 fully saturated rings. The fraction of sp³-hybridized carbons (Fsp3) is 0.333. The number of nitro benzene ring substituents is 1. The Kier molecular flexibility index (Phi) is 7.74. The number of aromatic nitrogens is 1. The van der Waals surface area contributed by atoms with Gasteiger partial charge < -0.3 is 9.30 Å². The zero-order valence-electron chi connectivity index (χ0n) is 18.4. The largest absolute Gasteiger partial charge is 0.383 e. The van der Waals surface area contributed by atoms with Crippen molar-refractivity contribution in [1.82, 2.24) is 8.87 Å². The van der Waals surface area contributed by atoms with Crippen LogP contribution in [-0.2, 0) is 21.3 Å². The third-order valence-electron chi connectivity index (χ3n) is 5.04. The second-order valence-corrected chi connectivity index (χ2v) is 9.92. The first-order chi connectivity index (χ1) is 15.7. The van der Waals surface area contributed by atoms with Gasteiger partial charge in [-0.05, 0) is 30.3 Å². The van der Waals surface area contributed by atoms with E-state index >= 15 is 0 Å². The second kappa shape index (κ2) is 10.3. The van der Waals surface area contributed by atoms with Crippen LogP contribution < -0.4 is 4.80 Å². The van der Waals surface area contributed by atoms with E-state index in [1.807, 2.05) is 0 Å². The summed E-state index contributed by atoms with van der Waals surface area (Å²) in [6.07, 6.45) is 0. The predicted molar refractivity (Wildman–Crippen MR) is 125 cm³/mol. The normalized spacial score (nSPS) is 12.5. The lowest BCUT2D eigenvalue weighted by atomic mass is 10.2. The summed E-state index contributed by atoms with van der Waals surface area (Å²) in [4.78, 5) is 28.2. The van der Waals surface area contributed by atoms with Crippen molar-refractivity contribution in [2.75, 3.05) is 26.8 Å². The number of carbonyl (C=O) groups is 1. The zero-order chi connectivity index (χ0) is 24.2. The second-order valence-electron chi connectivity index (χ2n) is 6.97.